The molecule has 1 N–H and O–H groups in total. The summed E-state index contributed by atoms with van der Waals surface area (Å²) in [5.41, 5.74) is 1.19. The largest absolute Gasteiger partial charge is 0.491 e. The Bertz CT molecular complexity index is 749. The Morgan fingerprint density at radius 2 is 2.21 bits per heavy atom. The van der Waals surface area contributed by atoms with Crippen LogP contribution >= 0.6 is 0 Å². The molecule has 1 aliphatic rings. The number of nitrogens with zero attached hydrogens (tertiary/aromatic N) is 2. The molecule has 128 valence electrons. The van der Waals surface area contributed by atoms with Crippen LogP contribution in [0.25, 0.3) is 11.4 Å². The predicted molar refractivity (Wildman–Crippen MR) is 86.7 cm³/mol. The van der Waals surface area contributed by atoms with Gasteiger partial charge in [0.1, 0.15) is 18.0 Å². The van der Waals surface area contributed by atoms with Gasteiger partial charge in [0.05, 0.1) is 6.04 Å². The van der Waals surface area contributed by atoms with Crippen molar-refractivity contribution in [3.05, 3.63) is 29.7 Å². The molecule has 1 aliphatic heterocycles. The lowest BCUT2D eigenvalue weighted by Crippen LogP contribution is -2.35. The van der Waals surface area contributed by atoms with E-state index in [-0.39, 0.29) is 6.04 Å². The smallest absolute Gasteiger partial charge is 0.408 e. The van der Waals surface area contributed by atoms with Crippen LogP contribution in [-0.2, 0) is 11.2 Å². The molecule has 0 aliphatic carbocycles. The number of alkyl carbamates (subject to hydrolysis) is 1. The van der Waals surface area contributed by atoms with Crippen molar-refractivity contribution in [2.75, 3.05) is 6.61 Å². The minimum atomic E-state index is -0.536. The van der Waals surface area contributed by atoms with Crippen molar-refractivity contribution < 1.29 is 18.8 Å². The second-order valence-electron chi connectivity index (χ2n) is 6.63. The van der Waals surface area contributed by atoms with Crippen molar-refractivity contribution in [3.63, 3.8) is 0 Å². The van der Waals surface area contributed by atoms with Crippen molar-refractivity contribution in [1.29, 1.82) is 0 Å². The summed E-state index contributed by atoms with van der Waals surface area (Å²) in [7, 11) is 0. The molecule has 1 atom stereocenters. The van der Waals surface area contributed by atoms with Crippen molar-refractivity contribution in [2.45, 2.75) is 45.8 Å². The van der Waals surface area contributed by atoms with Gasteiger partial charge >= 0.3 is 6.09 Å². The first-order valence-corrected chi connectivity index (χ1v) is 7.95. The number of carbonyl (C=O) groups excluding carboxylic acids is 1. The lowest BCUT2D eigenvalue weighted by atomic mass is 10.1. The van der Waals surface area contributed by atoms with Gasteiger partial charge in [0.2, 0.25) is 11.7 Å². The van der Waals surface area contributed by atoms with E-state index >= 15 is 0 Å². The molecule has 7 nitrogen and oxygen atoms in total. The Hall–Kier alpha value is -2.57. The third kappa shape index (κ3) is 3.50. The molecule has 1 aromatic carbocycles. The molecule has 2 heterocycles. The number of hydrogen-bond donors (Lipinski definition) is 1. The summed E-state index contributed by atoms with van der Waals surface area (Å²) in [5, 5.41) is 6.79. The Morgan fingerprint density at radius 1 is 1.42 bits per heavy atom. The van der Waals surface area contributed by atoms with Gasteiger partial charge in [-0.3, -0.25) is 0 Å². The van der Waals surface area contributed by atoms with Crippen LogP contribution in [0, 0.1) is 0 Å². The molecule has 0 saturated heterocycles. The molecule has 0 saturated carbocycles. The van der Waals surface area contributed by atoms with Crippen LogP contribution in [0.3, 0.4) is 0 Å². The van der Waals surface area contributed by atoms with Gasteiger partial charge in [-0.2, -0.15) is 4.98 Å². The molecule has 3 rings (SSSR count). The minimum absolute atomic E-state index is 0.236. The second-order valence-corrected chi connectivity index (χ2v) is 6.63. The standard InChI is InChI=1S/C17H21N3O4/c1-5-14-19-15(20-24-14)10-6-7-11-12(9-22-13(11)8-10)18-16(21)23-17(2,3)4/h6-8,12H,5,9H2,1-4H3,(H,18,21)/t12-/m1/s1. The zero-order valence-electron chi connectivity index (χ0n) is 14.3. The van der Waals surface area contributed by atoms with Crippen LogP contribution in [0.2, 0.25) is 0 Å². The fraction of sp³-hybridized carbons (Fsp3) is 0.471. The number of hydrogen-bond acceptors (Lipinski definition) is 6. The van der Waals surface area contributed by atoms with Gasteiger partial charge in [-0.05, 0) is 26.8 Å². The summed E-state index contributed by atoms with van der Waals surface area (Å²) < 4.78 is 16.1. The van der Waals surface area contributed by atoms with Crippen molar-refractivity contribution in [1.82, 2.24) is 15.5 Å². The monoisotopic (exact) mass is 331 g/mol. The number of carbonyl (C=O) groups is 1. The Morgan fingerprint density at radius 3 is 2.88 bits per heavy atom. The average Bonchev–Trinajstić information content (AvgIpc) is 3.12. The van der Waals surface area contributed by atoms with Gasteiger partial charge < -0.3 is 19.3 Å². The number of aromatic nitrogens is 2. The topological polar surface area (TPSA) is 86.5 Å². The fourth-order valence-electron chi connectivity index (χ4n) is 2.43. The SMILES string of the molecule is CCc1nc(-c2ccc3c(c2)OC[C@H]3NC(=O)OC(C)(C)C)no1. The van der Waals surface area contributed by atoms with E-state index in [1.165, 1.54) is 0 Å². The molecule has 24 heavy (non-hydrogen) atoms. The number of ether oxygens (including phenoxy) is 2. The maximum atomic E-state index is 11.9. The highest BCUT2D eigenvalue weighted by atomic mass is 16.6. The molecule has 1 amide bonds. The number of nitrogens with one attached hydrogen (secondary N) is 1. The lowest BCUT2D eigenvalue weighted by Gasteiger charge is -2.21. The van der Waals surface area contributed by atoms with Gasteiger partial charge in [0, 0.05) is 17.5 Å². The molecule has 2 aromatic rings. The van der Waals surface area contributed by atoms with Crippen LogP contribution in [-0.4, -0.2) is 28.4 Å². The van der Waals surface area contributed by atoms with Crippen molar-refractivity contribution >= 4 is 6.09 Å². The highest BCUT2D eigenvalue weighted by Crippen LogP contribution is 2.35. The third-order valence-corrected chi connectivity index (χ3v) is 3.51. The highest BCUT2D eigenvalue weighted by molar-refractivity contribution is 5.69. The van der Waals surface area contributed by atoms with Crippen LogP contribution in [0.4, 0.5) is 4.79 Å². The summed E-state index contributed by atoms with van der Waals surface area (Å²) in [6.07, 6.45) is 0.231. The quantitative estimate of drug-likeness (QED) is 0.929. The molecule has 0 fully saturated rings. The summed E-state index contributed by atoms with van der Waals surface area (Å²) >= 11 is 0. The average molecular weight is 331 g/mol. The number of rotatable bonds is 3. The maximum absolute atomic E-state index is 11.9. The van der Waals surface area contributed by atoms with Gasteiger partial charge in [0.15, 0.2) is 0 Å². The molecular weight excluding hydrogens is 310 g/mol. The van der Waals surface area contributed by atoms with E-state index in [0.29, 0.717) is 30.5 Å². The predicted octanol–water partition coefficient (Wildman–Crippen LogP) is 3.26. The molecule has 1 aromatic heterocycles. The van der Waals surface area contributed by atoms with Crippen molar-refractivity contribution in [2.24, 2.45) is 0 Å². The van der Waals surface area contributed by atoms with Crippen LogP contribution in [0.1, 0.15) is 45.2 Å². The van der Waals surface area contributed by atoms with Gasteiger partial charge in [-0.1, -0.05) is 24.2 Å². The molecule has 0 bridgehead atoms. The summed E-state index contributed by atoms with van der Waals surface area (Å²) in [6, 6.07) is 5.42. The van der Waals surface area contributed by atoms with E-state index < -0.39 is 11.7 Å². The molecule has 0 spiro atoms. The third-order valence-electron chi connectivity index (χ3n) is 3.51. The lowest BCUT2D eigenvalue weighted by molar-refractivity contribution is 0.0497. The summed E-state index contributed by atoms with van der Waals surface area (Å²) in [4.78, 5) is 16.2. The van der Waals surface area contributed by atoms with E-state index in [9.17, 15) is 4.79 Å². The van der Waals surface area contributed by atoms with Crippen LogP contribution in [0.5, 0.6) is 5.75 Å². The fourth-order valence-corrected chi connectivity index (χ4v) is 2.43. The molecule has 0 unspecified atom stereocenters. The molecule has 0 radical (unpaired) electrons. The number of fused-ring (bicyclic) bond motifs is 1. The molecule has 7 heteroatoms. The van der Waals surface area contributed by atoms with Gasteiger partial charge in [-0.25, -0.2) is 4.79 Å². The van der Waals surface area contributed by atoms with Crippen molar-refractivity contribution in [3.8, 4) is 17.1 Å². The highest BCUT2D eigenvalue weighted by Gasteiger charge is 2.28. The summed E-state index contributed by atoms with van der Waals surface area (Å²) in [6.45, 7) is 7.80. The number of benzene rings is 1. The Labute approximate surface area is 140 Å². The van der Waals surface area contributed by atoms with E-state index in [1.54, 1.807) is 0 Å². The van der Waals surface area contributed by atoms with Gasteiger partial charge in [0.25, 0.3) is 0 Å². The maximum Gasteiger partial charge on any atom is 0.408 e. The Kier molecular flexibility index (Phi) is 4.17. The first-order valence-electron chi connectivity index (χ1n) is 7.95. The first-order chi connectivity index (χ1) is 11.4. The van der Waals surface area contributed by atoms with E-state index in [0.717, 1.165) is 11.1 Å². The molecular formula is C17H21N3O4. The first kappa shape index (κ1) is 16.3. The van der Waals surface area contributed by atoms with E-state index in [1.807, 2.05) is 45.9 Å². The second kappa shape index (κ2) is 6.14. The zero-order chi connectivity index (χ0) is 17.3. The van der Waals surface area contributed by atoms with Gasteiger partial charge in [-0.15, -0.1) is 0 Å². The van der Waals surface area contributed by atoms with Crippen LogP contribution < -0.4 is 10.1 Å². The van der Waals surface area contributed by atoms with Crippen LogP contribution in [0.15, 0.2) is 22.7 Å². The number of amides is 1. The normalized spacial score (nSPS) is 16.4. The zero-order valence-corrected chi connectivity index (χ0v) is 14.3. The van der Waals surface area contributed by atoms with E-state index in [4.69, 9.17) is 14.0 Å². The Balaban J connectivity index is 1.74. The number of aryl methyl sites for hydroxylation is 1. The summed E-state index contributed by atoms with van der Waals surface area (Å²) in [5.74, 6) is 1.83. The van der Waals surface area contributed by atoms with E-state index in [2.05, 4.69) is 15.5 Å². The minimum Gasteiger partial charge on any atom is -0.491 e.